The maximum atomic E-state index is 3.39. The molecule has 0 saturated heterocycles. The molecule has 0 unspecified atom stereocenters. The predicted octanol–water partition coefficient (Wildman–Crippen LogP) is 5.30. The van der Waals surface area contributed by atoms with Crippen molar-refractivity contribution in [3.63, 3.8) is 0 Å². The monoisotopic (exact) mass is 678 g/mol. The maximum absolute atomic E-state index is 3.39. The average Bonchev–Trinajstić information content (AvgIpc) is 2.88. The Hall–Kier alpha value is 2.23. The van der Waals surface area contributed by atoms with E-state index in [1.54, 1.807) is 0 Å². The summed E-state index contributed by atoms with van der Waals surface area (Å²) in [5, 5.41) is 0. The van der Waals surface area contributed by atoms with E-state index in [4.69, 9.17) is 0 Å². The van der Waals surface area contributed by atoms with Gasteiger partial charge in [-0.15, -0.1) is 31.9 Å². The van der Waals surface area contributed by atoms with Gasteiger partial charge in [0.25, 0.3) is 8.72 Å². The third-order valence-electron chi connectivity index (χ3n) is 1.98. The zero-order valence-corrected chi connectivity index (χ0v) is 19.9. The van der Waals surface area contributed by atoms with E-state index in [2.05, 4.69) is 119 Å². The van der Waals surface area contributed by atoms with Crippen LogP contribution in [0, 0.1) is 0 Å². The summed E-state index contributed by atoms with van der Waals surface area (Å²) in [6.45, 7) is 0. The Kier molecular flexibility index (Phi) is 12.1. The number of hydrogen-bond donors (Lipinski definition) is 0. The summed E-state index contributed by atoms with van der Waals surface area (Å²) in [6.07, 6.45) is 0. The van der Waals surface area contributed by atoms with Gasteiger partial charge in [0.1, 0.15) is 0 Å². The second-order valence-corrected chi connectivity index (χ2v) is 11.3. The third kappa shape index (κ3) is 8.44. The van der Waals surface area contributed by atoms with Gasteiger partial charge in [0.2, 0.25) is 0 Å². The van der Waals surface area contributed by atoms with Gasteiger partial charge in [-0.05, 0) is 0 Å². The van der Waals surface area contributed by atoms with Crippen molar-refractivity contribution in [3.05, 3.63) is 45.3 Å². The van der Waals surface area contributed by atoms with Crippen molar-refractivity contribution >= 4 is 115 Å². The van der Waals surface area contributed by atoms with Gasteiger partial charge < -0.3 is 0 Å². The van der Waals surface area contributed by atoms with Gasteiger partial charge in [-0.25, -0.2) is 12.1 Å². The number of rotatable bonds is 2. The Bertz CT molecular complexity index is 438. The molecule has 0 amide bonds. The Morgan fingerprint density at radius 3 is 1.16 bits per heavy atom. The van der Waals surface area contributed by atoms with E-state index in [1.165, 1.54) is 10.9 Å². The first-order chi connectivity index (χ1) is 8.40. The van der Waals surface area contributed by atoms with E-state index in [9.17, 15) is 0 Å². The summed E-state index contributed by atoms with van der Waals surface area (Å²) in [4.78, 5) is 0. The van der Waals surface area contributed by atoms with Crippen LogP contribution < -0.4 is 10.9 Å². The van der Waals surface area contributed by atoms with Crippen molar-refractivity contribution in [1.82, 2.24) is 0 Å². The fourth-order valence-electron chi connectivity index (χ4n) is 1.13. The molecule has 0 atom stereocenters. The second kappa shape index (κ2) is 10.9. The van der Waals surface area contributed by atoms with Crippen LogP contribution >= 0.6 is 94.9 Å². The van der Waals surface area contributed by atoms with Crippen LogP contribution in [0.15, 0.2) is 45.3 Å². The minimum Gasteiger partial charge on any atom is -0.213 e. The first-order valence-electron chi connectivity index (χ1n) is 4.80. The molecule has 2 aromatic rings. The maximum Gasteiger partial charge on any atom is 2.00 e. The van der Waals surface area contributed by atoms with E-state index >= 15 is 0 Å². The molecule has 0 fully saturated rings. The minimum absolute atomic E-state index is 0. The molecule has 0 nitrogen and oxygen atoms in total. The fourth-order valence-corrected chi connectivity index (χ4v) is 3.07. The van der Waals surface area contributed by atoms with Gasteiger partial charge in [-0.1, -0.05) is 8.95 Å². The largest absolute Gasteiger partial charge is 2.00 e. The molecule has 0 aromatic heterocycles. The van der Waals surface area contributed by atoms with Crippen molar-refractivity contribution in [2.45, 2.75) is 0 Å². The van der Waals surface area contributed by atoms with Crippen molar-refractivity contribution in [3.8, 4) is 0 Å². The van der Waals surface area contributed by atoms with Crippen molar-refractivity contribution in [2.75, 3.05) is 0 Å². The molecule has 0 heterocycles. The first kappa shape index (κ1) is 21.2. The van der Waals surface area contributed by atoms with Crippen LogP contribution in [-0.2, 0) is 17.1 Å². The van der Waals surface area contributed by atoms with E-state index in [1.807, 2.05) is 12.1 Å². The second-order valence-electron chi connectivity index (χ2n) is 3.33. The molecule has 9 heteroatoms. The molecule has 0 bridgehead atoms. The van der Waals surface area contributed by atoms with Crippen LogP contribution in [0.5, 0.6) is 0 Å². The van der Waals surface area contributed by atoms with Crippen molar-refractivity contribution < 1.29 is 17.1 Å². The summed E-state index contributed by atoms with van der Waals surface area (Å²) in [5.41, 5.74) is 2.48. The standard InChI is InChI=1S/2C5H3BBr3.Fe/c2*7-5-2-1-4(3-5)6(8)9;/h2*1-3H;/q2*-1;+2. The van der Waals surface area contributed by atoms with Crippen LogP contribution in [0.4, 0.5) is 0 Å². The Labute approximate surface area is 174 Å². The Morgan fingerprint density at radius 1 is 0.737 bits per heavy atom. The molecule has 0 radical (unpaired) electrons. The zero-order valence-electron chi connectivity index (χ0n) is 9.24. The number of hydrogen-bond acceptors (Lipinski definition) is 0. The van der Waals surface area contributed by atoms with Crippen molar-refractivity contribution in [2.24, 2.45) is 0 Å². The molecule has 2 aromatic carbocycles. The molecule has 0 spiro atoms. The van der Waals surface area contributed by atoms with E-state index in [-0.39, 0.29) is 25.8 Å². The molecule has 2 rings (SSSR count). The van der Waals surface area contributed by atoms with Gasteiger partial charge in [0.05, 0.1) is 0 Å². The SMILES string of the molecule is BrB(Br)c1cc[c-](Br)c1.BrB(Br)c1cc[c-](Br)c1.[Fe+2]. The van der Waals surface area contributed by atoms with E-state index in [0.717, 1.165) is 8.95 Å². The van der Waals surface area contributed by atoms with E-state index in [0.29, 0.717) is 0 Å². The molecule has 0 aliphatic carbocycles. The van der Waals surface area contributed by atoms with Gasteiger partial charge >= 0.3 is 17.1 Å². The van der Waals surface area contributed by atoms with Gasteiger partial charge in [-0.3, -0.25) is 0 Å². The van der Waals surface area contributed by atoms with Crippen LogP contribution in [0.25, 0.3) is 0 Å². The molecule has 0 N–H and O–H groups in total. The van der Waals surface area contributed by atoms with E-state index < -0.39 is 0 Å². The Morgan fingerprint density at radius 2 is 1.05 bits per heavy atom. The predicted molar refractivity (Wildman–Crippen MR) is 106 cm³/mol. The summed E-state index contributed by atoms with van der Waals surface area (Å²) >= 11 is 20.3. The molecular formula is C10H6B2Br6Fe. The smallest absolute Gasteiger partial charge is 0.213 e. The quantitative estimate of drug-likeness (QED) is 0.298. The minimum atomic E-state index is 0. The Balaban J connectivity index is 0.000000324. The number of halogens is 6. The van der Waals surface area contributed by atoms with Gasteiger partial charge in [0, 0.05) is 0 Å². The molecule has 0 saturated carbocycles. The van der Waals surface area contributed by atoms with Crippen LogP contribution in [0.3, 0.4) is 0 Å². The summed E-state index contributed by atoms with van der Waals surface area (Å²) in [6, 6.07) is 12.3. The fraction of sp³-hybridized carbons (Fsp3) is 0. The van der Waals surface area contributed by atoms with Crippen molar-refractivity contribution in [1.29, 1.82) is 0 Å². The normalized spacial score (nSPS) is 9.16. The topological polar surface area (TPSA) is 0 Å². The van der Waals surface area contributed by atoms with Crippen LogP contribution in [0.1, 0.15) is 0 Å². The summed E-state index contributed by atoms with van der Waals surface area (Å²) < 4.78 is 2.80. The molecule has 102 valence electrons. The third-order valence-corrected chi connectivity index (χ3v) is 5.08. The molecule has 19 heavy (non-hydrogen) atoms. The molecule has 0 aliphatic rings. The summed E-state index contributed by atoms with van der Waals surface area (Å²) in [7, 11) is 0. The summed E-state index contributed by atoms with van der Waals surface area (Å²) in [5.74, 6) is 0. The molecular weight excluding hydrogens is 677 g/mol. The van der Waals surface area contributed by atoms with Gasteiger partial charge in [0.15, 0.2) is 0 Å². The van der Waals surface area contributed by atoms with Crippen LogP contribution in [-0.4, -0.2) is 8.72 Å². The van der Waals surface area contributed by atoms with Crippen LogP contribution in [0.2, 0.25) is 0 Å². The zero-order chi connectivity index (χ0) is 13.7. The first-order valence-corrected chi connectivity index (χ1v) is 10.1. The molecule has 0 aliphatic heterocycles. The average molecular weight is 683 g/mol. The van der Waals surface area contributed by atoms with Gasteiger partial charge in [-0.2, -0.15) is 98.2 Å².